The Hall–Kier alpha value is -0.470. The highest BCUT2D eigenvalue weighted by Crippen LogP contribution is 2.21. The van der Waals surface area contributed by atoms with Gasteiger partial charge in [-0.3, -0.25) is 0 Å². The van der Waals surface area contributed by atoms with Crippen molar-refractivity contribution in [1.29, 1.82) is 0 Å². The molecular weight excluding hydrogens is 178 g/mol. The minimum atomic E-state index is 0.163. The van der Waals surface area contributed by atoms with Gasteiger partial charge in [0.05, 0.1) is 0 Å². The quantitative estimate of drug-likeness (QED) is 0.750. The van der Waals surface area contributed by atoms with E-state index in [-0.39, 0.29) is 6.04 Å². The minimum absolute atomic E-state index is 0.163. The molecule has 2 N–H and O–H groups in total. The van der Waals surface area contributed by atoms with Crippen molar-refractivity contribution in [2.24, 2.45) is 11.7 Å². The molecule has 13 heavy (non-hydrogen) atoms. The molecule has 0 saturated carbocycles. The van der Waals surface area contributed by atoms with E-state index >= 15 is 0 Å². The van der Waals surface area contributed by atoms with Gasteiger partial charge in [0.25, 0.3) is 0 Å². The molecule has 0 fully saturated rings. The monoisotopic (exact) mass is 195 g/mol. The molecule has 2 heteroatoms. The minimum Gasteiger partial charge on any atom is -0.324 e. The zero-order valence-electron chi connectivity index (χ0n) is 8.45. The molecule has 0 saturated heterocycles. The Morgan fingerprint density at radius 1 is 1.15 bits per heavy atom. The lowest BCUT2D eigenvalue weighted by Crippen LogP contribution is -2.16. The fraction of sp³-hybridized carbons (Fsp3) is 0.455. The van der Waals surface area contributed by atoms with Crippen LogP contribution in [0.15, 0.2) is 29.2 Å². The largest absolute Gasteiger partial charge is 0.324 e. The summed E-state index contributed by atoms with van der Waals surface area (Å²) in [5.74, 6) is 0.500. The second kappa shape index (κ2) is 4.68. The molecule has 0 radical (unpaired) electrons. The first-order valence-corrected chi connectivity index (χ1v) is 5.77. The van der Waals surface area contributed by atoms with E-state index in [1.54, 1.807) is 11.8 Å². The molecule has 0 aliphatic rings. The predicted octanol–water partition coefficient (Wildman–Crippen LogP) is 3.06. The Bertz CT molecular complexity index is 253. The van der Waals surface area contributed by atoms with Crippen molar-refractivity contribution in [2.45, 2.75) is 24.8 Å². The third-order valence-electron chi connectivity index (χ3n) is 2.22. The van der Waals surface area contributed by atoms with E-state index < -0.39 is 0 Å². The normalized spacial score (nSPS) is 13.3. The molecule has 0 aliphatic heterocycles. The summed E-state index contributed by atoms with van der Waals surface area (Å²) >= 11 is 1.76. The Kier molecular flexibility index (Phi) is 3.82. The highest BCUT2D eigenvalue weighted by Gasteiger charge is 2.09. The molecule has 1 aromatic rings. The molecule has 0 aromatic heterocycles. The van der Waals surface area contributed by atoms with Gasteiger partial charge in [0, 0.05) is 10.9 Å². The van der Waals surface area contributed by atoms with E-state index in [1.807, 2.05) is 0 Å². The van der Waals surface area contributed by atoms with Gasteiger partial charge in [-0.25, -0.2) is 0 Å². The first kappa shape index (κ1) is 10.6. The predicted molar refractivity (Wildman–Crippen MR) is 60.0 cm³/mol. The SMILES string of the molecule is CSc1ccc(C(N)C(C)C)cc1. The zero-order valence-corrected chi connectivity index (χ0v) is 9.27. The van der Waals surface area contributed by atoms with Crippen molar-refractivity contribution < 1.29 is 0 Å². The van der Waals surface area contributed by atoms with Gasteiger partial charge in [-0.05, 0) is 29.9 Å². The van der Waals surface area contributed by atoms with E-state index in [1.165, 1.54) is 10.5 Å². The Balaban J connectivity index is 2.79. The molecule has 1 rings (SSSR count). The zero-order chi connectivity index (χ0) is 9.84. The van der Waals surface area contributed by atoms with Crippen LogP contribution in [-0.4, -0.2) is 6.26 Å². The van der Waals surface area contributed by atoms with Crippen LogP contribution in [0.2, 0.25) is 0 Å². The average molecular weight is 195 g/mol. The van der Waals surface area contributed by atoms with Gasteiger partial charge in [0.15, 0.2) is 0 Å². The van der Waals surface area contributed by atoms with E-state index in [0.717, 1.165) is 0 Å². The van der Waals surface area contributed by atoms with Crippen LogP contribution in [0.4, 0.5) is 0 Å². The summed E-state index contributed by atoms with van der Waals surface area (Å²) in [7, 11) is 0. The second-order valence-corrected chi connectivity index (χ2v) is 4.42. The van der Waals surface area contributed by atoms with Gasteiger partial charge in [-0.15, -0.1) is 11.8 Å². The molecule has 1 unspecified atom stereocenters. The van der Waals surface area contributed by atoms with Crippen molar-refractivity contribution in [3.05, 3.63) is 29.8 Å². The highest BCUT2D eigenvalue weighted by atomic mass is 32.2. The van der Waals surface area contributed by atoms with Crippen LogP contribution < -0.4 is 5.73 Å². The topological polar surface area (TPSA) is 26.0 Å². The first-order valence-electron chi connectivity index (χ1n) is 4.54. The smallest absolute Gasteiger partial charge is 0.0318 e. The summed E-state index contributed by atoms with van der Waals surface area (Å²) in [5.41, 5.74) is 7.25. The third-order valence-corrected chi connectivity index (χ3v) is 2.96. The van der Waals surface area contributed by atoms with Crippen LogP contribution in [0.1, 0.15) is 25.5 Å². The van der Waals surface area contributed by atoms with Gasteiger partial charge in [-0.1, -0.05) is 26.0 Å². The molecular formula is C11H17NS. The Morgan fingerprint density at radius 2 is 1.69 bits per heavy atom. The highest BCUT2D eigenvalue weighted by molar-refractivity contribution is 7.98. The standard InChI is InChI=1S/C11H17NS/c1-8(2)11(12)9-4-6-10(13-3)7-5-9/h4-8,11H,12H2,1-3H3. The summed E-state index contributed by atoms with van der Waals surface area (Å²) in [4.78, 5) is 1.29. The van der Waals surface area contributed by atoms with Crippen LogP contribution in [-0.2, 0) is 0 Å². The second-order valence-electron chi connectivity index (χ2n) is 3.54. The summed E-state index contributed by atoms with van der Waals surface area (Å²) in [5, 5.41) is 0. The average Bonchev–Trinajstić information content (AvgIpc) is 2.17. The molecule has 1 nitrogen and oxygen atoms in total. The molecule has 0 amide bonds. The first-order chi connectivity index (χ1) is 6.15. The number of benzene rings is 1. The van der Waals surface area contributed by atoms with Crippen LogP contribution in [0, 0.1) is 5.92 Å². The molecule has 1 atom stereocenters. The van der Waals surface area contributed by atoms with Gasteiger partial charge >= 0.3 is 0 Å². The van der Waals surface area contributed by atoms with Crippen molar-refractivity contribution >= 4 is 11.8 Å². The maximum atomic E-state index is 6.02. The summed E-state index contributed by atoms with van der Waals surface area (Å²) < 4.78 is 0. The summed E-state index contributed by atoms with van der Waals surface area (Å²) in [6, 6.07) is 8.66. The molecule has 1 aromatic carbocycles. The number of hydrogen-bond acceptors (Lipinski definition) is 2. The van der Waals surface area contributed by atoms with Crippen molar-refractivity contribution in [2.75, 3.05) is 6.26 Å². The molecule has 0 spiro atoms. The molecule has 0 bridgehead atoms. The number of nitrogens with two attached hydrogens (primary N) is 1. The maximum Gasteiger partial charge on any atom is 0.0318 e. The van der Waals surface area contributed by atoms with Crippen LogP contribution >= 0.6 is 11.8 Å². The van der Waals surface area contributed by atoms with Crippen molar-refractivity contribution in [3.63, 3.8) is 0 Å². The third kappa shape index (κ3) is 2.75. The van der Waals surface area contributed by atoms with Gasteiger partial charge in [0.1, 0.15) is 0 Å². The van der Waals surface area contributed by atoms with E-state index in [0.29, 0.717) is 5.92 Å². The van der Waals surface area contributed by atoms with Crippen LogP contribution in [0.25, 0.3) is 0 Å². The fourth-order valence-corrected chi connectivity index (χ4v) is 1.62. The van der Waals surface area contributed by atoms with E-state index in [4.69, 9.17) is 5.73 Å². The lowest BCUT2D eigenvalue weighted by molar-refractivity contribution is 0.514. The van der Waals surface area contributed by atoms with Crippen molar-refractivity contribution in [1.82, 2.24) is 0 Å². The maximum absolute atomic E-state index is 6.02. The fourth-order valence-electron chi connectivity index (χ4n) is 1.21. The Morgan fingerprint density at radius 3 is 2.08 bits per heavy atom. The van der Waals surface area contributed by atoms with E-state index in [9.17, 15) is 0 Å². The van der Waals surface area contributed by atoms with Crippen LogP contribution in [0.5, 0.6) is 0 Å². The molecule has 0 heterocycles. The lowest BCUT2D eigenvalue weighted by atomic mass is 9.97. The number of rotatable bonds is 3. The number of hydrogen-bond donors (Lipinski definition) is 1. The van der Waals surface area contributed by atoms with Crippen LogP contribution in [0.3, 0.4) is 0 Å². The van der Waals surface area contributed by atoms with Gasteiger partial charge in [-0.2, -0.15) is 0 Å². The number of thioether (sulfide) groups is 1. The van der Waals surface area contributed by atoms with Gasteiger partial charge < -0.3 is 5.73 Å². The lowest BCUT2D eigenvalue weighted by Gasteiger charge is -2.15. The summed E-state index contributed by atoms with van der Waals surface area (Å²) in [6.07, 6.45) is 2.08. The van der Waals surface area contributed by atoms with Crippen molar-refractivity contribution in [3.8, 4) is 0 Å². The molecule has 0 aliphatic carbocycles. The van der Waals surface area contributed by atoms with Gasteiger partial charge in [0.2, 0.25) is 0 Å². The van der Waals surface area contributed by atoms with E-state index in [2.05, 4.69) is 44.4 Å². The summed E-state index contributed by atoms with van der Waals surface area (Å²) in [6.45, 7) is 4.29. The molecule has 72 valence electrons. The Labute approximate surface area is 84.7 Å².